The van der Waals surface area contributed by atoms with Crippen molar-refractivity contribution >= 4 is 23.5 Å². The molecule has 2 atom stereocenters. The van der Waals surface area contributed by atoms with E-state index >= 15 is 0 Å². The molecule has 0 saturated carbocycles. The third kappa shape index (κ3) is 10.3. The van der Waals surface area contributed by atoms with Crippen LogP contribution in [0, 0.1) is 12.7 Å². The monoisotopic (exact) mass is 793 g/mol. The van der Waals surface area contributed by atoms with Gasteiger partial charge in [-0.15, -0.1) is 0 Å². The molecule has 3 aromatic heterocycles. The minimum absolute atomic E-state index is 0.0290. The Hall–Kier alpha value is -6.09. The number of aryl methyl sites for hydroxylation is 1. The predicted octanol–water partition coefficient (Wildman–Crippen LogP) is 7.75. The first-order valence-electron chi connectivity index (χ1n) is 19.2. The van der Waals surface area contributed by atoms with Gasteiger partial charge in [-0.1, -0.05) is 24.3 Å². The van der Waals surface area contributed by atoms with Gasteiger partial charge in [-0.05, 0) is 88.6 Å². The maximum absolute atomic E-state index is 14.8. The molecule has 58 heavy (non-hydrogen) atoms. The molecule has 1 saturated heterocycles. The summed E-state index contributed by atoms with van der Waals surface area (Å²) in [5.41, 5.74) is 3.34. The molecule has 0 bridgehead atoms. The van der Waals surface area contributed by atoms with Gasteiger partial charge in [0.25, 0.3) is 0 Å². The van der Waals surface area contributed by atoms with E-state index in [2.05, 4.69) is 33.9 Å². The second-order valence-corrected chi connectivity index (χ2v) is 15.3. The van der Waals surface area contributed by atoms with Gasteiger partial charge in [-0.2, -0.15) is 9.97 Å². The van der Waals surface area contributed by atoms with Crippen molar-refractivity contribution in [3.63, 3.8) is 0 Å². The average molecular weight is 794 g/mol. The number of nitrogens with zero attached hydrogens (tertiary/aromatic N) is 8. The molecule has 306 valence electrons. The molecule has 1 aliphatic heterocycles. The lowest BCUT2D eigenvalue weighted by Crippen LogP contribution is -2.54. The van der Waals surface area contributed by atoms with Crippen molar-refractivity contribution in [2.24, 2.45) is 0 Å². The first kappa shape index (κ1) is 41.5. The molecule has 14 nitrogen and oxygen atoms in total. The van der Waals surface area contributed by atoms with Crippen LogP contribution >= 0.6 is 0 Å². The van der Waals surface area contributed by atoms with Crippen molar-refractivity contribution in [3.05, 3.63) is 101 Å². The molecule has 15 heteroatoms. The Kier molecular flexibility index (Phi) is 12.9. The fourth-order valence-electron chi connectivity index (χ4n) is 6.82. The quantitative estimate of drug-likeness (QED) is 0.124. The fraction of sp³-hybridized carbons (Fsp3) is 0.395. The maximum atomic E-state index is 14.8. The molecule has 1 N–H and O–H groups in total. The van der Waals surface area contributed by atoms with Gasteiger partial charge < -0.3 is 34.1 Å². The molecule has 0 spiro atoms. The van der Waals surface area contributed by atoms with Gasteiger partial charge in [0.15, 0.2) is 11.6 Å². The number of halogens is 1. The number of carbonyl (C=O) groups excluding carboxylic acids is 1. The molecule has 1 aliphatic rings. The summed E-state index contributed by atoms with van der Waals surface area (Å²) in [5, 5.41) is 3.25. The zero-order chi connectivity index (χ0) is 41.6. The van der Waals surface area contributed by atoms with Gasteiger partial charge >= 0.3 is 6.09 Å². The summed E-state index contributed by atoms with van der Waals surface area (Å²) in [4.78, 5) is 42.8. The number of piperazine rings is 1. The zero-order valence-corrected chi connectivity index (χ0v) is 34.6. The topological polar surface area (TPSA) is 140 Å². The van der Waals surface area contributed by atoms with E-state index in [0.29, 0.717) is 67.4 Å². The lowest BCUT2D eigenvalue weighted by molar-refractivity contribution is -0.000739. The highest BCUT2D eigenvalue weighted by atomic mass is 19.1. The molecule has 1 fully saturated rings. The van der Waals surface area contributed by atoms with E-state index < -0.39 is 11.4 Å². The van der Waals surface area contributed by atoms with Crippen LogP contribution in [0.15, 0.2) is 73.1 Å². The molecule has 0 radical (unpaired) electrons. The Morgan fingerprint density at radius 3 is 2.09 bits per heavy atom. The molecular formula is C43H52FN9O5. The van der Waals surface area contributed by atoms with Gasteiger partial charge in [0, 0.05) is 57.1 Å². The lowest BCUT2D eigenvalue weighted by atomic mass is 10.0. The third-order valence-electron chi connectivity index (χ3n) is 9.81. The van der Waals surface area contributed by atoms with Crippen LogP contribution in [0.4, 0.5) is 26.6 Å². The van der Waals surface area contributed by atoms with Crippen molar-refractivity contribution in [3.8, 4) is 28.8 Å². The Balaban J connectivity index is 1.38. The van der Waals surface area contributed by atoms with E-state index in [0.717, 1.165) is 28.2 Å². The van der Waals surface area contributed by atoms with Crippen LogP contribution < -0.4 is 24.4 Å². The van der Waals surface area contributed by atoms with Gasteiger partial charge in [-0.25, -0.2) is 24.1 Å². The van der Waals surface area contributed by atoms with E-state index in [4.69, 9.17) is 38.9 Å². The summed E-state index contributed by atoms with van der Waals surface area (Å²) in [6.45, 7) is 14.3. The lowest BCUT2D eigenvalue weighted by Gasteiger charge is -2.43. The summed E-state index contributed by atoms with van der Waals surface area (Å²) < 4.78 is 36.4. The van der Waals surface area contributed by atoms with Crippen molar-refractivity contribution in [2.75, 3.05) is 51.2 Å². The minimum Gasteiger partial charge on any atom is -0.497 e. The second-order valence-electron chi connectivity index (χ2n) is 15.3. The van der Waals surface area contributed by atoms with Gasteiger partial charge in [-0.3, -0.25) is 4.90 Å². The summed E-state index contributed by atoms with van der Waals surface area (Å²) in [5.74, 6) is 2.53. The molecule has 0 unspecified atom stereocenters. The number of benzene rings is 2. The van der Waals surface area contributed by atoms with Crippen LogP contribution in [0.1, 0.15) is 63.2 Å². The predicted molar refractivity (Wildman–Crippen MR) is 220 cm³/mol. The van der Waals surface area contributed by atoms with E-state index in [9.17, 15) is 9.18 Å². The highest BCUT2D eigenvalue weighted by Gasteiger charge is 2.33. The van der Waals surface area contributed by atoms with Crippen LogP contribution in [-0.4, -0.2) is 93.4 Å². The fourth-order valence-corrected chi connectivity index (χ4v) is 6.82. The number of aromatic nitrogens is 5. The Labute approximate surface area is 339 Å². The van der Waals surface area contributed by atoms with Crippen LogP contribution in [0.25, 0.3) is 11.4 Å². The standard InChI is InChI=1S/C43H52FN9O5/c1-27-24-51(42(54)58-43(4,5)6)18-19-53(27)28(2)32-20-36(38(45-22-32)49-33-21-37(44)40(57-9)46-23-33)39-47-29(3)48-41(50-39)52(25-30-10-14-34(55-7)15-11-30)26-31-12-16-35(56-8)17-13-31/h10-17,20-23,27-28H,18-19,24-26H2,1-9H3,(H,45,49)/t27-,28+/m1/s1. The van der Waals surface area contributed by atoms with Crippen molar-refractivity contribution < 1.29 is 28.1 Å². The minimum atomic E-state index is -0.621. The number of hydrogen-bond acceptors (Lipinski definition) is 13. The van der Waals surface area contributed by atoms with Crippen LogP contribution in [0.2, 0.25) is 0 Å². The van der Waals surface area contributed by atoms with Crippen molar-refractivity contribution in [1.82, 2.24) is 34.7 Å². The first-order chi connectivity index (χ1) is 27.7. The smallest absolute Gasteiger partial charge is 0.410 e. The number of amides is 1. The normalized spacial score (nSPS) is 15.1. The van der Waals surface area contributed by atoms with E-state index in [1.54, 1.807) is 25.3 Å². The van der Waals surface area contributed by atoms with Gasteiger partial charge in [0.2, 0.25) is 11.8 Å². The van der Waals surface area contributed by atoms with E-state index in [1.165, 1.54) is 19.4 Å². The van der Waals surface area contributed by atoms with E-state index in [-0.39, 0.29) is 24.1 Å². The number of ether oxygens (including phenoxy) is 4. The van der Waals surface area contributed by atoms with E-state index in [1.807, 2.05) is 82.3 Å². The number of nitrogens with one attached hydrogen (secondary N) is 1. The zero-order valence-electron chi connectivity index (χ0n) is 34.6. The van der Waals surface area contributed by atoms with Crippen LogP contribution in [0.3, 0.4) is 0 Å². The summed E-state index contributed by atoms with van der Waals surface area (Å²) >= 11 is 0. The maximum Gasteiger partial charge on any atom is 0.410 e. The van der Waals surface area contributed by atoms with Crippen molar-refractivity contribution in [2.45, 2.75) is 72.3 Å². The summed E-state index contributed by atoms with van der Waals surface area (Å²) in [6, 6.07) is 19.0. The first-order valence-corrected chi connectivity index (χ1v) is 19.2. The average Bonchev–Trinajstić information content (AvgIpc) is 3.20. The second kappa shape index (κ2) is 18.0. The molecule has 1 amide bonds. The van der Waals surface area contributed by atoms with Gasteiger partial charge in [0.1, 0.15) is 28.7 Å². The largest absolute Gasteiger partial charge is 0.497 e. The Bertz CT molecular complexity index is 2130. The number of carbonyl (C=O) groups is 1. The number of pyridine rings is 2. The van der Waals surface area contributed by atoms with Crippen molar-refractivity contribution in [1.29, 1.82) is 0 Å². The summed E-state index contributed by atoms with van der Waals surface area (Å²) in [7, 11) is 4.65. The van der Waals surface area contributed by atoms with Gasteiger partial charge in [0.05, 0.1) is 38.8 Å². The number of hydrogen-bond donors (Lipinski definition) is 1. The molecule has 0 aliphatic carbocycles. The molecule has 2 aromatic carbocycles. The third-order valence-corrected chi connectivity index (χ3v) is 9.81. The highest BCUT2D eigenvalue weighted by Crippen LogP contribution is 2.34. The molecule has 4 heterocycles. The Morgan fingerprint density at radius 1 is 0.897 bits per heavy atom. The SMILES string of the molecule is COc1ccc(CN(Cc2ccc(OC)cc2)c2nc(C)nc(-c3cc([C@H](C)N4CCN(C(=O)OC(C)(C)C)C[C@H]4C)cnc3Nc3cnc(OC)c(F)c3)n2)cc1. The summed E-state index contributed by atoms with van der Waals surface area (Å²) in [6.07, 6.45) is 2.96. The Morgan fingerprint density at radius 2 is 1.53 bits per heavy atom. The highest BCUT2D eigenvalue weighted by molar-refractivity contribution is 5.75. The number of methoxy groups -OCH3 is 3. The molecule has 6 rings (SSSR count). The molecule has 5 aromatic rings. The van der Waals surface area contributed by atoms with Crippen LogP contribution in [0.5, 0.6) is 17.4 Å². The molecular weight excluding hydrogens is 742 g/mol. The van der Waals surface area contributed by atoms with Crippen LogP contribution in [-0.2, 0) is 17.8 Å². The number of rotatable bonds is 13. The number of anilines is 3.